The molecule has 28 heavy (non-hydrogen) atoms. The van der Waals surface area contributed by atoms with E-state index in [0.717, 1.165) is 43.3 Å². The summed E-state index contributed by atoms with van der Waals surface area (Å²) in [7, 11) is 1.93. The lowest BCUT2D eigenvalue weighted by Gasteiger charge is -2.35. The van der Waals surface area contributed by atoms with E-state index in [4.69, 9.17) is 28.9 Å². The number of aromatic nitrogens is 3. The van der Waals surface area contributed by atoms with Gasteiger partial charge in [-0.1, -0.05) is 11.6 Å². The first-order chi connectivity index (χ1) is 13.5. The number of benzene rings is 2. The van der Waals surface area contributed by atoms with Crippen LogP contribution < -0.4 is 4.90 Å². The Morgan fingerprint density at radius 3 is 2.29 bits per heavy atom. The number of hydrogen-bond donors (Lipinski definition) is 0. The maximum atomic E-state index is 13.1. The van der Waals surface area contributed by atoms with Crippen molar-refractivity contribution in [2.24, 2.45) is 7.05 Å². The molecule has 2 heterocycles. The molecular formula is C20H21ClFN5S. The third-order valence-electron chi connectivity index (χ3n) is 5.04. The summed E-state index contributed by atoms with van der Waals surface area (Å²) in [6.07, 6.45) is 0. The average molecular weight is 418 g/mol. The van der Waals surface area contributed by atoms with Gasteiger partial charge in [0, 0.05) is 49.5 Å². The lowest BCUT2D eigenvalue weighted by Crippen LogP contribution is -2.47. The van der Waals surface area contributed by atoms with Crippen LogP contribution in [-0.2, 0) is 13.7 Å². The third-order valence-corrected chi connectivity index (χ3v) is 5.78. The quantitative estimate of drug-likeness (QED) is 0.595. The predicted octanol–water partition coefficient (Wildman–Crippen LogP) is 4.19. The molecule has 1 aliphatic heterocycles. The van der Waals surface area contributed by atoms with Gasteiger partial charge >= 0.3 is 0 Å². The molecule has 3 aromatic rings. The molecule has 8 heteroatoms. The summed E-state index contributed by atoms with van der Waals surface area (Å²) in [5.74, 6) is 0.620. The molecule has 0 aliphatic carbocycles. The number of rotatable bonds is 4. The number of hydrogen-bond acceptors (Lipinski definition) is 4. The largest absolute Gasteiger partial charge is 0.369 e. The molecule has 0 bridgehead atoms. The van der Waals surface area contributed by atoms with Crippen LogP contribution in [0, 0.1) is 10.6 Å². The van der Waals surface area contributed by atoms with Crippen LogP contribution >= 0.6 is 23.8 Å². The lowest BCUT2D eigenvalue weighted by molar-refractivity contribution is 0.194. The molecule has 0 unspecified atom stereocenters. The fourth-order valence-corrected chi connectivity index (χ4v) is 3.73. The Balaban J connectivity index is 1.44. The molecule has 146 valence electrons. The molecule has 1 aliphatic rings. The Bertz CT molecular complexity index is 1000. The minimum atomic E-state index is -0.205. The zero-order chi connectivity index (χ0) is 19.7. The molecule has 5 nitrogen and oxygen atoms in total. The van der Waals surface area contributed by atoms with Crippen LogP contribution in [0.2, 0.25) is 5.02 Å². The van der Waals surface area contributed by atoms with Crippen molar-refractivity contribution >= 4 is 29.5 Å². The van der Waals surface area contributed by atoms with E-state index in [-0.39, 0.29) is 5.82 Å². The van der Waals surface area contributed by atoms with Crippen molar-refractivity contribution in [1.29, 1.82) is 0 Å². The van der Waals surface area contributed by atoms with Crippen LogP contribution in [0.25, 0.3) is 11.4 Å². The predicted molar refractivity (Wildman–Crippen MR) is 113 cm³/mol. The standard InChI is InChI=1S/C20H21ClFN5S/c1-24-19(15-2-4-16(21)5-3-15)23-27(20(24)28)14-25-10-12-26(13-11-25)18-8-6-17(22)7-9-18/h2-9H,10-14H2,1H3. The highest BCUT2D eigenvalue weighted by Gasteiger charge is 2.19. The number of halogens is 2. The van der Waals surface area contributed by atoms with Crippen molar-refractivity contribution in [2.75, 3.05) is 31.1 Å². The van der Waals surface area contributed by atoms with Crippen LogP contribution in [0.1, 0.15) is 0 Å². The Hall–Kier alpha value is -2.22. The van der Waals surface area contributed by atoms with E-state index in [1.807, 2.05) is 52.7 Å². The maximum Gasteiger partial charge on any atom is 0.199 e. The fourth-order valence-electron chi connectivity index (χ4n) is 3.42. The van der Waals surface area contributed by atoms with E-state index in [1.165, 1.54) is 12.1 Å². The zero-order valence-electron chi connectivity index (χ0n) is 15.6. The highest BCUT2D eigenvalue weighted by Crippen LogP contribution is 2.21. The van der Waals surface area contributed by atoms with Crippen molar-refractivity contribution in [3.8, 4) is 11.4 Å². The van der Waals surface area contributed by atoms with Gasteiger partial charge in [0.05, 0.1) is 6.67 Å². The Labute approximate surface area is 173 Å². The van der Waals surface area contributed by atoms with Gasteiger partial charge in [-0.2, -0.15) is 5.10 Å². The van der Waals surface area contributed by atoms with Gasteiger partial charge in [-0.3, -0.25) is 4.90 Å². The van der Waals surface area contributed by atoms with Gasteiger partial charge in [0.15, 0.2) is 10.6 Å². The van der Waals surface area contributed by atoms with Gasteiger partial charge in [-0.05, 0) is 60.7 Å². The Morgan fingerprint density at radius 2 is 1.64 bits per heavy atom. The molecular weight excluding hydrogens is 397 g/mol. The van der Waals surface area contributed by atoms with E-state index in [1.54, 1.807) is 0 Å². The van der Waals surface area contributed by atoms with Crippen LogP contribution in [0.3, 0.4) is 0 Å². The molecule has 2 aromatic carbocycles. The first-order valence-corrected chi connectivity index (χ1v) is 9.92. The lowest BCUT2D eigenvalue weighted by atomic mass is 10.2. The summed E-state index contributed by atoms with van der Waals surface area (Å²) in [6, 6.07) is 14.3. The Kier molecular flexibility index (Phi) is 5.48. The molecule has 1 saturated heterocycles. The fraction of sp³-hybridized carbons (Fsp3) is 0.300. The summed E-state index contributed by atoms with van der Waals surface area (Å²) < 4.78 is 17.6. The molecule has 0 N–H and O–H groups in total. The van der Waals surface area contributed by atoms with Crippen molar-refractivity contribution < 1.29 is 4.39 Å². The molecule has 0 radical (unpaired) electrons. The summed E-state index contributed by atoms with van der Waals surface area (Å²) in [6.45, 7) is 4.21. The number of nitrogens with zero attached hydrogens (tertiary/aromatic N) is 5. The second-order valence-corrected chi connectivity index (χ2v) is 7.70. The van der Waals surface area contributed by atoms with Gasteiger partial charge < -0.3 is 9.47 Å². The van der Waals surface area contributed by atoms with Gasteiger partial charge in [0.1, 0.15) is 5.82 Å². The van der Waals surface area contributed by atoms with E-state index >= 15 is 0 Å². The third kappa shape index (κ3) is 3.97. The second-order valence-electron chi connectivity index (χ2n) is 6.89. The van der Waals surface area contributed by atoms with Gasteiger partial charge in [0.25, 0.3) is 0 Å². The van der Waals surface area contributed by atoms with Crippen molar-refractivity contribution in [3.05, 3.63) is 64.1 Å². The van der Waals surface area contributed by atoms with Crippen molar-refractivity contribution in [3.63, 3.8) is 0 Å². The SMILES string of the molecule is Cn1c(-c2ccc(Cl)cc2)nn(CN2CCN(c3ccc(F)cc3)CC2)c1=S. The second kappa shape index (κ2) is 8.03. The molecule has 4 rings (SSSR count). The Morgan fingerprint density at radius 1 is 1.00 bits per heavy atom. The highest BCUT2D eigenvalue weighted by molar-refractivity contribution is 7.71. The maximum absolute atomic E-state index is 13.1. The summed E-state index contributed by atoms with van der Waals surface area (Å²) in [5.41, 5.74) is 2.04. The first-order valence-electron chi connectivity index (χ1n) is 9.14. The zero-order valence-corrected chi connectivity index (χ0v) is 17.1. The normalized spacial score (nSPS) is 15.2. The summed E-state index contributed by atoms with van der Waals surface area (Å²) in [5, 5.41) is 5.42. The van der Waals surface area contributed by atoms with Crippen LogP contribution in [-0.4, -0.2) is 45.4 Å². The van der Waals surface area contributed by atoms with Crippen molar-refractivity contribution in [1.82, 2.24) is 19.2 Å². The van der Waals surface area contributed by atoms with Gasteiger partial charge in [0.2, 0.25) is 0 Å². The number of piperazine rings is 1. The van der Waals surface area contributed by atoms with Gasteiger partial charge in [-0.25, -0.2) is 9.07 Å². The summed E-state index contributed by atoms with van der Waals surface area (Å²) in [4.78, 5) is 4.60. The van der Waals surface area contributed by atoms with Crippen LogP contribution in [0.4, 0.5) is 10.1 Å². The minimum Gasteiger partial charge on any atom is -0.369 e. The monoisotopic (exact) mass is 417 g/mol. The van der Waals surface area contributed by atoms with E-state index in [0.29, 0.717) is 16.5 Å². The molecule has 0 atom stereocenters. The van der Waals surface area contributed by atoms with Crippen LogP contribution in [0.15, 0.2) is 48.5 Å². The van der Waals surface area contributed by atoms with E-state index in [9.17, 15) is 4.39 Å². The molecule has 0 spiro atoms. The minimum absolute atomic E-state index is 0.205. The topological polar surface area (TPSA) is 29.2 Å². The van der Waals surface area contributed by atoms with E-state index < -0.39 is 0 Å². The molecule has 0 amide bonds. The smallest absolute Gasteiger partial charge is 0.199 e. The highest BCUT2D eigenvalue weighted by atomic mass is 35.5. The molecule has 1 aromatic heterocycles. The first kappa shape index (κ1) is 19.1. The molecule has 0 saturated carbocycles. The van der Waals surface area contributed by atoms with Gasteiger partial charge in [-0.15, -0.1) is 0 Å². The van der Waals surface area contributed by atoms with Crippen LogP contribution in [0.5, 0.6) is 0 Å². The van der Waals surface area contributed by atoms with Crippen molar-refractivity contribution in [2.45, 2.75) is 6.67 Å². The van der Waals surface area contributed by atoms with E-state index in [2.05, 4.69) is 9.80 Å². The number of anilines is 1. The summed E-state index contributed by atoms with van der Waals surface area (Å²) >= 11 is 11.6. The average Bonchev–Trinajstić information content (AvgIpc) is 2.98. The molecule has 1 fully saturated rings.